The molecule has 4 aromatic rings. The van der Waals surface area contributed by atoms with Crippen LogP contribution in [0.5, 0.6) is 0 Å². The SMILES string of the molecule is CC(=O)NCc1ccc2nc(Cn3c(=O)n(C(C)C)c4ccccc43)n(CCC(C)C)c2c1. The summed E-state index contributed by atoms with van der Waals surface area (Å²) in [7, 11) is 0. The van der Waals surface area contributed by atoms with Crippen molar-refractivity contribution in [3.63, 3.8) is 0 Å². The molecule has 0 spiro atoms. The molecule has 0 saturated carbocycles. The van der Waals surface area contributed by atoms with Crippen LogP contribution in [0.25, 0.3) is 22.1 Å². The summed E-state index contributed by atoms with van der Waals surface area (Å²) in [5.74, 6) is 1.37. The number of para-hydroxylation sites is 2. The number of hydrogen-bond donors (Lipinski definition) is 1. The molecule has 0 saturated heterocycles. The van der Waals surface area contributed by atoms with Gasteiger partial charge in [0.15, 0.2) is 0 Å². The first-order chi connectivity index (χ1) is 15.8. The fourth-order valence-electron chi connectivity index (χ4n) is 4.34. The number of aryl methyl sites for hydroxylation is 1. The van der Waals surface area contributed by atoms with E-state index < -0.39 is 0 Å². The lowest BCUT2D eigenvalue weighted by Gasteiger charge is -2.12. The number of nitrogens with one attached hydrogen (secondary N) is 1. The second kappa shape index (κ2) is 9.25. The van der Waals surface area contributed by atoms with Gasteiger partial charge in [0, 0.05) is 26.1 Å². The van der Waals surface area contributed by atoms with Crippen molar-refractivity contribution in [2.75, 3.05) is 0 Å². The normalized spacial score (nSPS) is 11.8. The highest BCUT2D eigenvalue weighted by Crippen LogP contribution is 2.23. The fourth-order valence-corrected chi connectivity index (χ4v) is 4.34. The van der Waals surface area contributed by atoms with Gasteiger partial charge in [0.05, 0.1) is 28.6 Å². The van der Waals surface area contributed by atoms with Crippen molar-refractivity contribution in [2.45, 2.75) is 66.7 Å². The van der Waals surface area contributed by atoms with Crippen molar-refractivity contribution >= 4 is 28.0 Å². The highest BCUT2D eigenvalue weighted by molar-refractivity contribution is 5.78. The molecular weight excluding hydrogens is 414 g/mol. The predicted molar refractivity (Wildman–Crippen MR) is 132 cm³/mol. The lowest BCUT2D eigenvalue weighted by atomic mass is 10.1. The largest absolute Gasteiger partial charge is 0.352 e. The van der Waals surface area contributed by atoms with Crippen LogP contribution in [-0.4, -0.2) is 24.6 Å². The summed E-state index contributed by atoms with van der Waals surface area (Å²) >= 11 is 0. The summed E-state index contributed by atoms with van der Waals surface area (Å²) in [6.45, 7) is 11.7. The first-order valence-corrected chi connectivity index (χ1v) is 11.7. The zero-order valence-electron chi connectivity index (χ0n) is 20.1. The van der Waals surface area contributed by atoms with Gasteiger partial charge in [0.25, 0.3) is 0 Å². The molecule has 0 unspecified atom stereocenters. The van der Waals surface area contributed by atoms with E-state index in [4.69, 9.17) is 4.98 Å². The van der Waals surface area contributed by atoms with Crippen LogP contribution < -0.4 is 11.0 Å². The molecule has 0 bridgehead atoms. The minimum Gasteiger partial charge on any atom is -0.352 e. The van der Waals surface area contributed by atoms with Crippen LogP contribution in [-0.2, 0) is 24.4 Å². The Hall–Kier alpha value is -3.35. The van der Waals surface area contributed by atoms with Gasteiger partial charge in [-0.15, -0.1) is 0 Å². The molecular formula is C26H33N5O2. The molecule has 2 aromatic carbocycles. The molecule has 33 heavy (non-hydrogen) atoms. The average molecular weight is 448 g/mol. The van der Waals surface area contributed by atoms with Crippen LogP contribution in [0.3, 0.4) is 0 Å². The minimum atomic E-state index is -0.0509. The maximum atomic E-state index is 13.4. The van der Waals surface area contributed by atoms with E-state index in [1.807, 2.05) is 59.4 Å². The number of imidazole rings is 2. The highest BCUT2D eigenvalue weighted by Gasteiger charge is 2.19. The molecule has 0 aliphatic rings. The lowest BCUT2D eigenvalue weighted by molar-refractivity contribution is -0.119. The van der Waals surface area contributed by atoms with Gasteiger partial charge < -0.3 is 9.88 Å². The van der Waals surface area contributed by atoms with Gasteiger partial charge in [-0.05, 0) is 56.0 Å². The molecule has 0 radical (unpaired) electrons. The van der Waals surface area contributed by atoms with E-state index in [1.54, 1.807) is 0 Å². The smallest absolute Gasteiger partial charge is 0.329 e. The van der Waals surface area contributed by atoms with Gasteiger partial charge in [-0.25, -0.2) is 9.78 Å². The van der Waals surface area contributed by atoms with Crippen LogP contribution in [0.4, 0.5) is 0 Å². The number of hydrogen-bond acceptors (Lipinski definition) is 3. The van der Waals surface area contributed by atoms with E-state index in [1.165, 1.54) is 6.92 Å². The Morgan fingerprint density at radius 3 is 2.39 bits per heavy atom. The summed E-state index contributed by atoms with van der Waals surface area (Å²) in [5.41, 5.74) is 4.82. The third-order valence-electron chi connectivity index (χ3n) is 6.05. The molecule has 4 rings (SSSR count). The number of benzene rings is 2. The average Bonchev–Trinajstić information content (AvgIpc) is 3.25. The molecule has 0 fully saturated rings. The number of carbonyl (C=O) groups excluding carboxylic acids is 1. The molecule has 1 amide bonds. The van der Waals surface area contributed by atoms with Crippen molar-refractivity contribution in [3.8, 4) is 0 Å². The van der Waals surface area contributed by atoms with Crippen LogP contribution in [0.2, 0.25) is 0 Å². The van der Waals surface area contributed by atoms with Crippen LogP contribution >= 0.6 is 0 Å². The molecule has 0 atom stereocenters. The summed E-state index contributed by atoms with van der Waals surface area (Å²) in [6, 6.07) is 14.1. The van der Waals surface area contributed by atoms with Crippen molar-refractivity contribution in [2.24, 2.45) is 5.92 Å². The maximum absolute atomic E-state index is 13.4. The standard InChI is InChI=1S/C26H33N5O2/c1-17(2)12-13-29-24-14-20(15-27-19(5)32)10-11-21(24)28-25(29)16-30-22-8-6-7-9-23(22)31(18(3)4)26(30)33/h6-11,14,17-18H,12-13,15-16H2,1-5H3,(H,27,32). The van der Waals surface area contributed by atoms with Crippen LogP contribution in [0.1, 0.15) is 58.5 Å². The Morgan fingerprint density at radius 2 is 1.73 bits per heavy atom. The van der Waals surface area contributed by atoms with E-state index in [2.05, 4.69) is 29.8 Å². The number of carbonyl (C=O) groups is 1. The van der Waals surface area contributed by atoms with Gasteiger partial charge in [-0.2, -0.15) is 0 Å². The quantitative estimate of drug-likeness (QED) is 0.433. The number of nitrogens with zero attached hydrogens (tertiary/aromatic N) is 4. The first-order valence-electron chi connectivity index (χ1n) is 11.7. The molecule has 7 nitrogen and oxygen atoms in total. The monoisotopic (exact) mass is 447 g/mol. The zero-order valence-corrected chi connectivity index (χ0v) is 20.1. The second-order valence-corrected chi connectivity index (χ2v) is 9.42. The Balaban J connectivity index is 1.82. The van der Waals surface area contributed by atoms with Crippen molar-refractivity contribution in [1.82, 2.24) is 24.0 Å². The number of amides is 1. The minimum absolute atomic E-state index is 0.0139. The molecule has 0 aliphatic heterocycles. The van der Waals surface area contributed by atoms with Gasteiger partial charge in [0.2, 0.25) is 5.91 Å². The summed E-state index contributed by atoms with van der Waals surface area (Å²) < 4.78 is 5.92. The highest BCUT2D eigenvalue weighted by atomic mass is 16.2. The zero-order chi connectivity index (χ0) is 23.7. The van der Waals surface area contributed by atoms with Crippen LogP contribution in [0, 0.1) is 5.92 Å². The third kappa shape index (κ3) is 4.58. The Bertz CT molecular complexity index is 1360. The summed E-state index contributed by atoms with van der Waals surface area (Å²) in [5, 5.41) is 2.87. The maximum Gasteiger partial charge on any atom is 0.329 e. The second-order valence-electron chi connectivity index (χ2n) is 9.42. The lowest BCUT2D eigenvalue weighted by Crippen LogP contribution is -2.27. The summed E-state index contributed by atoms with van der Waals surface area (Å²) in [4.78, 5) is 29.7. The third-order valence-corrected chi connectivity index (χ3v) is 6.05. The Kier molecular flexibility index (Phi) is 6.40. The Labute approximate surface area is 194 Å². The van der Waals surface area contributed by atoms with Gasteiger partial charge in [0.1, 0.15) is 5.82 Å². The van der Waals surface area contributed by atoms with Gasteiger partial charge in [-0.3, -0.25) is 13.9 Å². The van der Waals surface area contributed by atoms with Gasteiger partial charge in [-0.1, -0.05) is 32.0 Å². The first kappa shape index (κ1) is 22.8. The number of rotatable bonds is 8. The molecule has 1 N–H and O–H groups in total. The predicted octanol–water partition coefficient (Wildman–Crippen LogP) is 4.46. The topological polar surface area (TPSA) is 73.8 Å². The van der Waals surface area contributed by atoms with E-state index >= 15 is 0 Å². The Morgan fingerprint density at radius 1 is 1.00 bits per heavy atom. The molecule has 2 heterocycles. The van der Waals surface area contributed by atoms with Crippen molar-refractivity contribution in [1.29, 1.82) is 0 Å². The van der Waals surface area contributed by atoms with Gasteiger partial charge >= 0.3 is 5.69 Å². The van der Waals surface area contributed by atoms with Crippen molar-refractivity contribution < 1.29 is 4.79 Å². The van der Waals surface area contributed by atoms with E-state index in [0.717, 1.165) is 46.4 Å². The van der Waals surface area contributed by atoms with Crippen LogP contribution in [0.15, 0.2) is 47.3 Å². The summed E-state index contributed by atoms with van der Waals surface area (Å²) in [6.07, 6.45) is 1.01. The number of fused-ring (bicyclic) bond motifs is 2. The fraction of sp³-hybridized carbons (Fsp3) is 0.423. The molecule has 174 valence electrons. The molecule has 2 aromatic heterocycles. The van der Waals surface area contributed by atoms with E-state index in [0.29, 0.717) is 19.0 Å². The molecule has 7 heteroatoms. The van der Waals surface area contributed by atoms with E-state index in [9.17, 15) is 9.59 Å². The van der Waals surface area contributed by atoms with Crippen molar-refractivity contribution in [3.05, 3.63) is 64.3 Å². The molecule has 0 aliphatic carbocycles. The number of aromatic nitrogens is 4. The van der Waals surface area contributed by atoms with E-state index in [-0.39, 0.29) is 17.6 Å².